The fourth-order valence-corrected chi connectivity index (χ4v) is 4.34. The van der Waals surface area contributed by atoms with Crippen LogP contribution in [0.1, 0.15) is 43.7 Å². The molecule has 6 heteroatoms. The second kappa shape index (κ2) is 8.02. The summed E-state index contributed by atoms with van der Waals surface area (Å²) in [6, 6.07) is 12.7. The number of nitrogens with zero attached hydrogens (tertiary/aromatic N) is 3. The number of nitrogens with two attached hydrogens (primary N) is 1. The average Bonchev–Trinajstić information content (AvgIpc) is 2.73. The van der Waals surface area contributed by atoms with Crippen molar-refractivity contribution < 1.29 is 9.47 Å². The van der Waals surface area contributed by atoms with Crippen molar-refractivity contribution in [1.29, 1.82) is 5.26 Å². The third-order valence-electron chi connectivity index (χ3n) is 5.87. The summed E-state index contributed by atoms with van der Waals surface area (Å²) in [5, 5.41) is 9.69. The molecule has 2 N–H and O–H groups in total. The quantitative estimate of drug-likeness (QED) is 0.857. The first-order chi connectivity index (χ1) is 14.0. The van der Waals surface area contributed by atoms with Gasteiger partial charge in [-0.15, -0.1) is 0 Å². The monoisotopic (exact) mass is 392 g/mol. The lowest BCUT2D eigenvalue weighted by molar-refractivity contribution is -0.0593. The normalized spacial score (nSPS) is 21.6. The smallest absolute Gasteiger partial charge is 0.142 e. The van der Waals surface area contributed by atoms with Crippen LogP contribution in [-0.4, -0.2) is 43.5 Å². The van der Waals surface area contributed by atoms with Crippen LogP contribution in [0, 0.1) is 11.3 Å². The zero-order valence-corrected chi connectivity index (χ0v) is 17.1. The molecule has 0 amide bonds. The summed E-state index contributed by atoms with van der Waals surface area (Å²) in [5.41, 5.74) is 10.5. The van der Waals surface area contributed by atoms with Gasteiger partial charge in [0.2, 0.25) is 0 Å². The number of anilines is 2. The molecule has 4 rings (SSSR count). The highest BCUT2D eigenvalue weighted by Crippen LogP contribution is 2.39. The van der Waals surface area contributed by atoms with Crippen molar-refractivity contribution in [1.82, 2.24) is 4.98 Å². The molecule has 1 atom stereocenters. The molecule has 2 aliphatic rings. The molecule has 1 unspecified atom stereocenters. The lowest BCUT2D eigenvalue weighted by Crippen LogP contribution is -2.36. The van der Waals surface area contributed by atoms with Gasteiger partial charge in [-0.25, -0.2) is 4.98 Å². The summed E-state index contributed by atoms with van der Waals surface area (Å²) in [7, 11) is 0. The van der Waals surface area contributed by atoms with E-state index in [2.05, 4.69) is 54.1 Å². The van der Waals surface area contributed by atoms with E-state index in [9.17, 15) is 5.26 Å². The average molecular weight is 393 g/mol. The van der Waals surface area contributed by atoms with Crippen LogP contribution in [-0.2, 0) is 9.47 Å². The number of pyridine rings is 1. The van der Waals surface area contributed by atoms with Crippen LogP contribution in [0.2, 0.25) is 0 Å². The molecule has 0 bridgehead atoms. The molecular weight excluding hydrogens is 364 g/mol. The molecular formula is C23H28N4O2. The molecule has 3 heterocycles. The summed E-state index contributed by atoms with van der Waals surface area (Å²) >= 11 is 0. The zero-order valence-electron chi connectivity index (χ0n) is 17.1. The number of hydrogen-bond acceptors (Lipinski definition) is 6. The maximum Gasteiger partial charge on any atom is 0.142 e. The van der Waals surface area contributed by atoms with Gasteiger partial charge in [-0.05, 0) is 56.4 Å². The summed E-state index contributed by atoms with van der Waals surface area (Å²) in [5.74, 6) is 0.548. The van der Waals surface area contributed by atoms with Gasteiger partial charge >= 0.3 is 0 Å². The Kier molecular flexibility index (Phi) is 5.44. The van der Waals surface area contributed by atoms with Gasteiger partial charge in [-0.1, -0.05) is 12.1 Å². The maximum atomic E-state index is 9.69. The molecule has 2 saturated heterocycles. The molecule has 1 aromatic heterocycles. The van der Waals surface area contributed by atoms with E-state index in [0.717, 1.165) is 56.0 Å². The van der Waals surface area contributed by atoms with Crippen molar-refractivity contribution in [2.45, 2.75) is 38.2 Å². The molecule has 2 aliphatic heterocycles. The van der Waals surface area contributed by atoms with Gasteiger partial charge in [-0.2, -0.15) is 5.26 Å². The Labute approximate surface area is 172 Å². The van der Waals surface area contributed by atoms with E-state index in [1.165, 1.54) is 5.69 Å². The highest BCUT2D eigenvalue weighted by molar-refractivity contribution is 5.68. The summed E-state index contributed by atoms with van der Waals surface area (Å²) in [6.45, 7) is 8.23. The Hall–Kier alpha value is -2.62. The van der Waals surface area contributed by atoms with E-state index in [1.54, 1.807) is 0 Å². The minimum Gasteiger partial charge on any atom is -0.383 e. The number of rotatable bonds is 3. The van der Waals surface area contributed by atoms with Crippen molar-refractivity contribution in [3.63, 3.8) is 0 Å². The van der Waals surface area contributed by atoms with Gasteiger partial charge in [0.25, 0.3) is 0 Å². The van der Waals surface area contributed by atoms with Gasteiger partial charge in [-0.3, -0.25) is 0 Å². The van der Waals surface area contributed by atoms with E-state index in [-0.39, 0.29) is 11.5 Å². The Bertz CT molecular complexity index is 912. The third-order valence-corrected chi connectivity index (χ3v) is 5.87. The molecule has 0 aliphatic carbocycles. The van der Waals surface area contributed by atoms with E-state index in [4.69, 9.17) is 15.2 Å². The standard InChI is InChI=1S/C23H28N4O2/c1-23(2)14-17(7-10-29-23)19-13-21(26-22(25)20(19)15-24)16-3-5-18(6-4-16)27-8-11-28-12-9-27/h3-6,13,17H,7-12,14H2,1-2H3,(H2,25,26). The van der Waals surface area contributed by atoms with Gasteiger partial charge in [0.15, 0.2) is 0 Å². The number of hydrogen-bond donors (Lipinski definition) is 1. The number of nitrogen functional groups attached to an aromatic ring is 1. The van der Waals surface area contributed by atoms with Crippen LogP contribution in [0.25, 0.3) is 11.3 Å². The van der Waals surface area contributed by atoms with Crippen LogP contribution < -0.4 is 10.6 Å². The van der Waals surface area contributed by atoms with Gasteiger partial charge in [0.1, 0.15) is 11.9 Å². The highest BCUT2D eigenvalue weighted by Gasteiger charge is 2.32. The Morgan fingerprint density at radius 2 is 1.90 bits per heavy atom. The van der Waals surface area contributed by atoms with Crippen LogP contribution in [0.15, 0.2) is 30.3 Å². The minimum atomic E-state index is -0.201. The van der Waals surface area contributed by atoms with Crippen LogP contribution in [0.3, 0.4) is 0 Å². The molecule has 2 aromatic rings. The predicted molar refractivity (Wildman–Crippen MR) is 114 cm³/mol. The number of aromatic nitrogens is 1. The Balaban J connectivity index is 1.66. The first-order valence-corrected chi connectivity index (χ1v) is 10.2. The van der Waals surface area contributed by atoms with Gasteiger partial charge < -0.3 is 20.1 Å². The van der Waals surface area contributed by atoms with Crippen LogP contribution >= 0.6 is 0 Å². The molecule has 0 saturated carbocycles. The maximum absolute atomic E-state index is 9.69. The largest absolute Gasteiger partial charge is 0.383 e. The summed E-state index contributed by atoms with van der Waals surface area (Å²) in [4.78, 5) is 6.86. The fraction of sp³-hybridized carbons (Fsp3) is 0.478. The molecule has 0 radical (unpaired) electrons. The van der Waals surface area contributed by atoms with Crippen molar-refractivity contribution in [3.8, 4) is 17.3 Å². The van der Waals surface area contributed by atoms with Crippen molar-refractivity contribution in [3.05, 3.63) is 41.5 Å². The zero-order chi connectivity index (χ0) is 20.4. The second-order valence-electron chi connectivity index (χ2n) is 8.41. The second-order valence-corrected chi connectivity index (χ2v) is 8.41. The Morgan fingerprint density at radius 1 is 1.17 bits per heavy atom. The summed E-state index contributed by atoms with van der Waals surface area (Å²) in [6.07, 6.45) is 1.75. The minimum absolute atomic E-state index is 0.201. The molecule has 0 spiro atoms. The molecule has 29 heavy (non-hydrogen) atoms. The number of ether oxygens (including phenoxy) is 2. The highest BCUT2D eigenvalue weighted by atomic mass is 16.5. The summed E-state index contributed by atoms with van der Waals surface area (Å²) < 4.78 is 11.3. The first-order valence-electron chi connectivity index (χ1n) is 10.2. The van der Waals surface area contributed by atoms with Crippen molar-refractivity contribution in [2.75, 3.05) is 43.5 Å². The lowest BCUT2D eigenvalue weighted by Gasteiger charge is -2.36. The van der Waals surface area contributed by atoms with Crippen LogP contribution in [0.5, 0.6) is 0 Å². The van der Waals surface area contributed by atoms with Gasteiger partial charge in [0, 0.05) is 30.9 Å². The molecule has 2 fully saturated rings. The predicted octanol–water partition coefficient (Wildman–Crippen LogP) is 3.71. The first kappa shape index (κ1) is 19.7. The SMILES string of the molecule is CC1(C)CC(c2cc(-c3ccc(N4CCOCC4)cc3)nc(N)c2C#N)CCO1. The third kappa shape index (κ3) is 4.21. The van der Waals surface area contributed by atoms with Gasteiger partial charge in [0.05, 0.1) is 30.1 Å². The number of benzene rings is 1. The van der Waals surface area contributed by atoms with E-state index in [1.807, 2.05) is 6.07 Å². The Morgan fingerprint density at radius 3 is 2.55 bits per heavy atom. The van der Waals surface area contributed by atoms with Crippen molar-refractivity contribution >= 4 is 11.5 Å². The van der Waals surface area contributed by atoms with Crippen molar-refractivity contribution in [2.24, 2.45) is 0 Å². The molecule has 6 nitrogen and oxygen atoms in total. The lowest BCUT2D eigenvalue weighted by atomic mass is 9.81. The molecule has 1 aromatic carbocycles. The van der Waals surface area contributed by atoms with E-state index < -0.39 is 0 Å². The number of nitriles is 1. The van der Waals surface area contributed by atoms with E-state index in [0.29, 0.717) is 18.0 Å². The van der Waals surface area contributed by atoms with E-state index >= 15 is 0 Å². The number of morpholine rings is 1. The molecule has 152 valence electrons. The fourth-order valence-electron chi connectivity index (χ4n) is 4.34. The topological polar surface area (TPSA) is 84.4 Å². The van der Waals surface area contributed by atoms with Crippen LogP contribution in [0.4, 0.5) is 11.5 Å².